The summed E-state index contributed by atoms with van der Waals surface area (Å²) in [5, 5.41) is 6.42. The highest BCUT2D eigenvalue weighted by atomic mass is 32.1. The van der Waals surface area contributed by atoms with E-state index in [0.717, 1.165) is 11.7 Å². The number of anilines is 1. The van der Waals surface area contributed by atoms with Gasteiger partial charge in [-0.1, -0.05) is 0 Å². The molecule has 1 aliphatic carbocycles. The van der Waals surface area contributed by atoms with Crippen molar-refractivity contribution < 1.29 is 0 Å². The van der Waals surface area contributed by atoms with Crippen LogP contribution in [-0.2, 0) is 0 Å². The third kappa shape index (κ3) is 1.01. The van der Waals surface area contributed by atoms with E-state index < -0.39 is 0 Å². The van der Waals surface area contributed by atoms with Crippen LogP contribution >= 0.6 is 11.3 Å². The highest BCUT2D eigenvalue weighted by Gasteiger charge is 2.26. The van der Waals surface area contributed by atoms with Crippen molar-refractivity contribution in [1.29, 1.82) is 0 Å². The molecule has 3 heteroatoms. The molecule has 0 saturated heterocycles. The maximum Gasteiger partial charge on any atom is 0.137 e. The second-order valence-electron chi connectivity index (χ2n) is 2.60. The molecule has 0 aromatic carbocycles. The summed E-state index contributed by atoms with van der Waals surface area (Å²) in [5.41, 5.74) is 0. The van der Waals surface area contributed by atoms with E-state index in [1.165, 1.54) is 17.8 Å². The van der Waals surface area contributed by atoms with Crippen molar-refractivity contribution in [1.82, 2.24) is 4.98 Å². The van der Waals surface area contributed by atoms with Crippen LogP contribution in [-0.4, -0.2) is 12.0 Å². The van der Waals surface area contributed by atoms with Gasteiger partial charge in [-0.25, -0.2) is 4.98 Å². The van der Waals surface area contributed by atoms with Gasteiger partial charge in [0.2, 0.25) is 0 Å². The summed E-state index contributed by atoms with van der Waals surface area (Å²) >= 11 is 1.77. The smallest absolute Gasteiger partial charge is 0.137 e. The number of nitrogens with one attached hydrogen (secondary N) is 1. The second kappa shape index (κ2) is 2.23. The van der Waals surface area contributed by atoms with Gasteiger partial charge >= 0.3 is 0 Å². The molecule has 1 aromatic rings. The molecule has 2 rings (SSSR count). The molecular weight excluding hydrogens is 144 g/mol. The van der Waals surface area contributed by atoms with E-state index in [0.29, 0.717) is 0 Å². The molecule has 0 unspecified atom stereocenters. The first-order valence-electron chi connectivity index (χ1n) is 3.53. The van der Waals surface area contributed by atoms with E-state index in [9.17, 15) is 0 Å². The first-order chi connectivity index (χ1) is 4.90. The van der Waals surface area contributed by atoms with Crippen LogP contribution in [0.3, 0.4) is 0 Å². The van der Waals surface area contributed by atoms with Gasteiger partial charge < -0.3 is 5.32 Å². The molecule has 1 aliphatic rings. The number of rotatable bonds is 2. The lowest BCUT2D eigenvalue weighted by atomic mass is 10.5. The van der Waals surface area contributed by atoms with Gasteiger partial charge in [-0.15, -0.1) is 11.3 Å². The zero-order valence-electron chi connectivity index (χ0n) is 5.92. The average Bonchev–Trinajstić information content (AvgIpc) is 2.70. The Balaban J connectivity index is 2.19. The minimum absolute atomic E-state index is 0.798. The van der Waals surface area contributed by atoms with Gasteiger partial charge in [0.05, 0.1) is 5.01 Å². The quantitative estimate of drug-likeness (QED) is 0.705. The van der Waals surface area contributed by atoms with Crippen molar-refractivity contribution in [3.05, 3.63) is 10.4 Å². The molecule has 1 saturated carbocycles. The molecule has 2 nitrogen and oxygen atoms in total. The lowest BCUT2D eigenvalue weighted by molar-refractivity contribution is 1.08. The van der Waals surface area contributed by atoms with Gasteiger partial charge in [0, 0.05) is 18.3 Å². The van der Waals surface area contributed by atoms with Crippen molar-refractivity contribution in [3.63, 3.8) is 0 Å². The maximum absolute atomic E-state index is 4.40. The van der Waals surface area contributed by atoms with Gasteiger partial charge in [0.25, 0.3) is 0 Å². The molecule has 0 atom stereocenters. The van der Waals surface area contributed by atoms with Gasteiger partial charge in [-0.3, -0.25) is 0 Å². The maximum atomic E-state index is 4.40. The van der Waals surface area contributed by atoms with Crippen LogP contribution < -0.4 is 5.32 Å². The van der Waals surface area contributed by atoms with E-state index in [4.69, 9.17) is 0 Å². The lowest BCUT2D eigenvalue weighted by Crippen LogP contribution is -1.87. The normalized spacial score (nSPS) is 17.3. The molecule has 0 aliphatic heterocycles. The van der Waals surface area contributed by atoms with E-state index in [-0.39, 0.29) is 0 Å². The zero-order valence-corrected chi connectivity index (χ0v) is 6.74. The SMILES string of the molecule is CNc1csc(C2CC2)n1. The van der Waals surface area contributed by atoms with Crippen molar-refractivity contribution >= 4 is 17.2 Å². The van der Waals surface area contributed by atoms with Crippen molar-refractivity contribution in [2.45, 2.75) is 18.8 Å². The monoisotopic (exact) mass is 154 g/mol. The Morgan fingerprint density at radius 3 is 3.00 bits per heavy atom. The van der Waals surface area contributed by atoms with Crippen LogP contribution in [0.5, 0.6) is 0 Å². The van der Waals surface area contributed by atoms with E-state index in [1.807, 2.05) is 7.05 Å². The Kier molecular flexibility index (Phi) is 1.38. The Morgan fingerprint density at radius 1 is 1.70 bits per heavy atom. The molecule has 0 bridgehead atoms. The van der Waals surface area contributed by atoms with Crippen LogP contribution in [0.2, 0.25) is 0 Å². The minimum atomic E-state index is 0.798. The van der Waals surface area contributed by atoms with Crippen LogP contribution in [0.15, 0.2) is 5.38 Å². The van der Waals surface area contributed by atoms with Crippen molar-refractivity contribution in [2.75, 3.05) is 12.4 Å². The van der Waals surface area contributed by atoms with E-state index in [1.54, 1.807) is 11.3 Å². The summed E-state index contributed by atoms with van der Waals surface area (Å²) in [6, 6.07) is 0. The summed E-state index contributed by atoms with van der Waals surface area (Å²) in [7, 11) is 1.91. The Labute approximate surface area is 64.3 Å². The van der Waals surface area contributed by atoms with Crippen molar-refractivity contribution in [3.8, 4) is 0 Å². The van der Waals surface area contributed by atoms with Gasteiger partial charge in [0.15, 0.2) is 0 Å². The fraction of sp³-hybridized carbons (Fsp3) is 0.571. The van der Waals surface area contributed by atoms with Gasteiger partial charge in [-0.2, -0.15) is 0 Å². The van der Waals surface area contributed by atoms with Crippen LogP contribution in [0.4, 0.5) is 5.82 Å². The lowest BCUT2D eigenvalue weighted by Gasteiger charge is -1.88. The first-order valence-corrected chi connectivity index (χ1v) is 4.41. The van der Waals surface area contributed by atoms with Gasteiger partial charge in [-0.05, 0) is 12.8 Å². The van der Waals surface area contributed by atoms with E-state index >= 15 is 0 Å². The highest BCUT2D eigenvalue weighted by Crippen LogP contribution is 2.41. The largest absolute Gasteiger partial charge is 0.372 e. The molecule has 10 heavy (non-hydrogen) atoms. The number of hydrogen-bond acceptors (Lipinski definition) is 3. The predicted octanol–water partition coefficient (Wildman–Crippen LogP) is 2.06. The summed E-state index contributed by atoms with van der Waals surface area (Å²) in [5.74, 6) is 1.82. The summed E-state index contributed by atoms with van der Waals surface area (Å²) in [4.78, 5) is 4.40. The molecular formula is C7H10N2S. The predicted molar refractivity (Wildman–Crippen MR) is 43.6 cm³/mol. The zero-order chi connectivity index (χ0) is 6.97. The molecule has 0 amide bonds. The number of aromatic nitrogens is 1. The second-order valence-corrected chi connectivity index (χ2v) is 3.48. The van der Waals surface area contributed by atoms with Gasteiger partial charge in [0.1, 0.15) is 5.82 Å². The van der Waals surface area contributed by atoms with Crippen LogP contribution in [0.25, 0.3) is 0 Å². The first kappa shape index (κ1) is 6.16. The number of thiazole rings is 1. The average molecular weight is 154 g/mol. The minimum Gasteiger partial charge on any atom is -0.372 e. The fourth-order valence-electron chi connectivity index (χ4n) is 0.920. The van der Waals surface area contributed by atoms with Crippen molar-refractivity contribution in [2.24, 2.45) is 0 Å². The summed E-state index contributed by atoms with van der Waals surface area (Å²) < 4.78 is 0. The standard InChI is InChI=1S/C7H10N2S/c1-8-6-4-10-7(9-6)5-2-3-5/h4-5,8H,2-3H2,1H3. The number of nitrogens with zero attached hydrogens (tertiary/aromatic N) is 1. The summed E-state index contributed by atoms with van der Waals surface area (Å²) in [6.45, 7) is 0. The third-order valence-corrected chi connectivity index (χ3v) is 2.71. The molecule has 0 spiro atoms. The highest BCUT2D eigenvalue weighted by molar-refractivity contribution is 7.10. The van der Waals surface area contributed by atoms with Crippen LogP contribution in [0.1, 0.15) is 23.8 Å². The molecule has 54 valence electrons. The Morgan fingerprint density at radius 2 is 2.50 bits per heavy atom. The molecule has 1 N–H and O–H groups in total. The third-order valence-electron chi connectivity index (χ3n) is 1.70. The Bertz CT molecular complexity index is 227. The fourth-order valence-corrected chi connectivity index (χ4v) is 1.90. The number of hydrogen-bond donors (Lipinski definition) is 1. The molecule has 1 heterocycles. The van der Waals surface area contributed by atoms with E-state index in [2.05, 4.69) is 15.7 Å². The molecule has 1 aromatic heterocycles. The van der Waals surface area contributed by atoms with Crippen LogP contribution in [0, 0.1) is 0 Å². The molecule has 1 fully saturated rings. The topological polar surface area (TPSA) is 24.9 Å². The molecule has 0 radical (unpaired) electrons. The Hall–Kier alpha value is -0.570. The summed E-state index contributed by atoms with van der Waals surface area (Å²) in [6.07, 6.45) is 2.69.